The summed E-state index contributed by atoms with van der Waals surface area (Å²) in [6.07, 6.45) is 3.54. The number of aromatic nitrogens is 1. The average molecular weight is 169 g/mol. The van der Waals surface area contributed by atoms with Crippen LogP contribution in [0.25, 0.3) is 0 Å². The second kappa shape index (κ2) is 4.50. The fraction of sp³-hybridized carbons (Fsp3) is 0.429. The molecule has 0 aliphatic rings. The van der Waals surface area contributed by atoms with E-state index in [1.807, 2.05) is 0 Å². The molecule has 0 aliphatic carbocycles. The van der Waals surface area contributed by atoms with Crippen LogP contribution < -0.4 is 11.1 Å². The summed E-state index contributed by atoms with van der Waals surface area (Å²) in [6, 6.07) is 0. The fourth-order valence-corrected chi connectivity index (χ4v) is 0.715. The lowest BCUT2D eigenvalue weighted by Gasteiger charge is -1.98. The average Bonchev–Trinajstić information content (AvgIpc) is 2.56. The Morgan fingerprint density at radius 3 is 3.17 bits per heavy atom. The number of amides is 1. The molecule has 0 aromatic carbocycles. The van der Waals surface area contributed by atoms with Gasteiger partial charge in [0.2, 0.25) is 0 Å². The second-order valence-electron chi connectivity index (χ2n) is 2.24. The van der Waals surface area contributed by atoms with E-state index in [1.54, 1.807) is 0 Å². The molecule has 0 bridgehead atoms. The van der Waals surface area contributed by atoms with Crippen molar-refractivity contribution in [3.63, 3.8) is 0 Å². The van der Waals surface area contributed by atoms with Crippen molar-refractivity contribution < 1.29 is 9.21 Å². The first-order valence-corrected chi connectivity index (χ1v) is 3.72. The van der Waals surface area contributed by atoms with Crippen LogP contribution in [0.2, 0.25) is 0 Å². The molecule has 0 unspecified atom stereocenters. The molecule has 1 rings (SSSR count). The van der Waals surface area contributed by atoms with Gasteiger partial charge >= 0.3 is 5.91 Å². The SMILES string of the molecule is NCCCNC(=O)c1ncco1. The van der Waals surface area contributed by atoms with Crippen molar-refractivity contribution in [2.24, 2.45) is 5.73 Å². The minimum absolute atomic E-state index is 0.0898. The smallest absolute Gasteiger partial charge is 0.307 e. The summed E-state index contributed by atoms with van der Waals surface area (Å²) in [5.74, 6) is -0.208. The Morgan fingerprint density at radius 2 is 2.58 bits per heavy atom. The molecule has 0 aliphatic heterocycles. The molecule has 3 N–H and O–H groups in total. The molecule has 0 spiro atoms. The maximum Gasteiger partial charge on any atom is 0.307 e. The zero-order valence-corrected chi connectivity index (χ0v) is 6.62. The molecule has 0 radical (unpaired) electrons. The van der Waals surface area contributed by atoms with Crippen molar-refractivity contribution in [3.8, 4) is 0 Å². The number of rotatable bonds is 4. The number of hydrogen-bond acceptors (Lipinski definition) is 4. The number of nitrogens with zero attached hydrogens (tertiary/aromatic N) is 1. The number of nitrogens with two attached hydrogens (primary N) is 1. The quantitative estimate of drug-likeness (QED) is 0.609. The van der Waals surface area contributed by atoms with Crippen LogP contribution in [0.5, 0.6) is 0 Å². The van der Waals surface area contributed by atoms with Gasteiger partial charge in [0.05, 0.1) is 6.20 Å². The van der Waals surface area contributed by atoms with E-state index in [2.05, 4.69) is 10.3 Å². The third-order valence-corrected chi connectivity index (χ3v) is 1.29. The highest BCUT2D eigenvalue weighted by molar-refractivity contribution is 5.89. The van der Waals surface area contributed by atoms with Crippen LogP contribution in [-0.2, 0) is 0 Å². The summed E-state index contributed by atoms with van der Waals surface area (Å²) in [4.78, 5) is 14.8. The zero-order chi connectivity index (χ0) is 8.81. The van der Waals surface area contributed by atoms with Crippen molar-refractivity contribution >= 4 is 5.91 Å². The number of hydrogen-bond donors (Lipinski definition) is 2. The minimum atomic E-state index is -0.298. The van der Waals surface area contributed by atoms with E-state index in [1.165, 1.54) is 12.5 Å². The first-order chi connectivity index (χ1) is 5.84. The third-order valence-electron chi connectivity index (χ3n) is 1.29. The first-order valence-electron chi connectivity index (χ1n) is 3.72. The Balaban J connectivity index is 2.30. The van der Waals surface area contributed by atoms with Gasteiger partial charge in [0.25, 0.3) is 5.89 Å². The maximum absolute atomic E-state index is 11.1. The Morgan fingerprint density at radius 1 is 1.75 bits per heavy atom. The second-order valence-corrected chi connectivity index (χ2v) is 2.24. The van der Waals surface area contributed by atoms with Crippen LogP contribution in [0, 0.1) is 0 Å². The maximum atomic E-state index is 11.1. The zero-order valence-electron chi connectivity index (χ0n) is 6.62. The van der Waals surface area contributed by atoms with Crippen molar-refractivity contribution in [3.05, 3.63) is 18.4 Å². The van der Waals surface area contributed by atoms with E-state index in [4.69, 9.17) is 10.2 Å². The van der Waals surface area contributed by atoms with E-state index in [0.29, 0.717) is 13.1 Å². The molecule has 66 valence electrons. The highest BCUT2D eigenvalue weighted by Gasteiger charge is 2.07. The molecule has 0 saturated carbocycles. The highest BCUT2D eigenvalue weighted by atomic mass is 16.3. The lowest BCUT2D eigenvalue weighted by molar-refractivity contribution is 0.0919. The molecule has 1 aromatic heterocycles. The molecule has 1 heterocycles. The molecule has 0 saturated heterocycles. The fourth-order valence-electron chi connectivity index (χ4n) is 0.715. The van der Waals surface area contributed by atoms with E-state index < -0.39 is 0 Å². The van der Waals surface area contributed by atoms with Crippen molar-refractivity contribution in [2.45, 2.75) is 6.42 Å². The van der Waals surface area contributed by atoms with Gasteiger partial charge in [-0.2, -0.15) is 0 Å². The molecule has 1 amide bonds. The predicted octanol–water partition coefficient (Wildman–Crippen LogP) is -0.247. The van der Waals surface area contributed by atoms with Crippen LogP contribution in [-0.4, -0.2) is 24.0 Å². The van der Waals surface area contributed by atoms with Crippen LogP contribution in [0.3, 0.4) is 0 Å². The van der Waals surface area contributed by atoms with Gasteiger partial charge in [0, 0.05) is 6.54 Å². The third kappa shape index (κ3) is 2.35. The lowest BCUT2D eigenvalue weighted by atomic mass is 10.4. The molecule has 12 heavy (non-hydrogen) atoms. The van der Waals surface area contributed by atoms with E-state index >= 15 is 0 Å². The Kier molecular flexibility index (Phi) is 3.28. The summed E-state index contributed by atoms with van der Waals surface area (Å²) in [5.41, 5.74) is 5.24. The molecule has 0 fully saturated rings. The van der Waals surface area contributed by atoms with Crippen LogP contribution in [0.15, 0.2) is 16.9 Å². The Labute approximate surface area is 70.0 Å². The minimum Gasteiger partial charge on any atom is -0.441 e. The van der Waals surface area contributed by atoms with E-state index in [9.17, 15) is 4.79 Å². The van der Waals surface area contributed by atoms with E-state index in [0.717, 1.165) is 6.42 Å². The van der Waals surface area contributed by atoms with Crippen molar-refractivity contribution in [1.29, 1.82) is 0 Å². The molecule has 1 aromatic rings. The van der Waals surface area contributed by atoms with Crippen molar-refractivity contribution in [2.75, 3.05) is 13.1 Å². The summed E-state index contributed by atoms with van der Waals surface area (Å²) in [7, 11) is 0. The molecule has 0 atom stereocenters. The van der Waals surface area contributed by atoms with Crippen LogP contribution in [0.1, 0.15) is 17.1 Å². The van der Waals surface area contributed by atoms with Crippen LogP contribution >= 0.6 is 0 Å². The van der Waals surface area contributed by atoms with Gasteiger partial charge in [-0.15, -0.1) is 0 Å². The largest absolute Gasteiger partial charge is 0.441 e. The number of carbonyl (C=O) groups excluding carboxylic acids is 1. The molecular formula is C7H11N3O2. The van der Waals surface area contributed by atoms with Gasteiger partial charge in [0.15, 0.2) is 0 Å². The van der Waals surface area contributed by atoms with Gasteiger partial charge < -0.3 is 15.5 Å². The topological polar surface area (TPSA) is 81.1 Å². The van der Waals surface area contributed by atoms with Crippen molar-refractivity contribution in [1.82, 2.24) is 10.3 Å². The number of oxazole rings is 1. The molecule has 5 heteroatoms. The summed E-state index contributed by atoms with van der Waals surface area (Å²) in [5, 5.41) is 2.61. The van der Waals surface area contributed by atoms with Gasteiger partial charge in [-0.3, -0.25) is 4.79 Å². The highest BCUT2D eigenvalue weighted by Crippen LogP contribution is 1.92. The molecule has 5 nitrogen and oxygen atoms in total. The van der Waals surface area contributed by atoms with Crippen LogP contribution in [0.4, 0.5) is 0 Å². The van der Waals surface area contributed by atoms with Gasteiger partial charge in [-0.1, -0.05) is 0 Å². The standard InChI is InChI=1S/C7H11N3O2/c8-2-1-3-9-6(11)7-10-4-5-12-7/h4-5H,1-3,8H2,(H,9,11). The van der Waals surface area contributed by atoms with E-state index in [-0.39, 0.29) is 11.8 Å². The first kappa shape index (κ1) is 8.73. The number of carbonyl (C=O) groups is 1. The summed E-state index contributed by atoms with van der Waals surface area (Å²) in [6.45, 7) is 1.11. The van der Waals surface area contributed by atoms with Gasteiger partial charge in [-0.05, 0) is 13.0 Å². The number of nitrogens with one attached hydrogen (secondary N) is 1. The van der Waals surface area contributed by atoms with Gasteiger partial charge in [0.1, 0.15) is 6.26 Å². The summed E-state index contributed by atoms with van der Waals surface area (Å²) < 4.78 is 4.77. The normalized spacial score (nSPS) is 9.75. The predicted molar refractivity (Wildman–Crippen MR) is 42.5 cm³/mol. The monoisotopic (exact) mass is 169 g/mol. The molecular weight excluding hydrogens is 158 g/mol. The lowest BCUT2D eigenvalue weighted by Crippen LogP contribution is -2.26. The Hall–Kier alpha value is -1.36. The Bertz CT molecular complexity index is 233. The summed E-state index contributed by atoms with van der Waals surface area (Å²) >= 11 is 0. The van der Waals surface area contributed by atoms with Gasteiger partial charge in [-0.25, -0.2) is 4.98 Å².